The van der Waals surface area contributed by atoms with Crippen LogP contribution in [0.1, 0.15) is 5.56 Å². The molecule has 0 spiro atoms. The van der Waals surface area contributed by atoms with E-state index in [1.165, 1.54) is 19.3 Å². The SMILES string of the molecule is COC1=CC(=O)C(=C(O)c2ccccc2)C=[C-]1.O=S(=O)=O.[Na+]. The van der Waals surface area contributed by atoms with E-state index in [2.05, 4.69) is 6.08 Å². The van der Waals surface area contributed by atoms with Crippen LogP contribution >= 0.6 is 0 Å². The second-order valence-electron chi connectivity index (χ2n) is 3.70. The normalized spacial score (nSPS) is 14.8. The molecule has 1 aromatic carbocycles. The monoisotopic (exact) mass is 330 g/mol. The number of hydrogen-bond acceptors (Lipinski definition) is 6. The third-order valence-corrected chi connectivity index (χ3v) is 2.41. The Hall–Kier alpha value is -1.67. The van der Waals surface area contributed by atoms with Crippen LogP contribution in [0.15, 0.2) is 53.8 Å². The number of aliphatic hydroxyl groups is 1. The fourth-order valence-corrected chi connectivity index (χ4v) is 1.51. The fourth-order valence-electron chi connectivity index (χ4n) is 1.51. The van der Waals surface area contributed by atoms with Crippen molar-refractivity contribution in [2.45, 2.75) is 0 Å². The van der Waals surface area contributed by atoms with E-state index in [1.807, 2.05) is 6.07 Å². The summed E-state index contributed by atoms with van der Waals surface area (Å²) in [6.07, 6.45) is 5.51. The second-order valence-corrected chi connectivity index (χ2v) is 4.11. The standard InChI is InChI=1S/C14H11O3.Na.O3S/c1-17-11-7-8-12(13(15)9-11)14(16)10-5-3-2-4-6-10;;1-4(2)3/h2-6,8-9,16H,1H3;;/q-1;+1;. The average molecular weight is 330 g/mol. The number of ketones is 1. The summed E-state index contributed by atoms with van der Waals surface area (Å²) in [6.45, 7) is 0. The number of allylic oxidation sites excluding steroid dienone is 4. The Morgan fingerprint density at radius 2 is 1.73 bits per heavy atom. The number of methoxy groups -OCH3 is 1. The number of carbonyl (C=O) groups is 1. The van der Waals surface area contributed by atoms with E-state index in [0.717, 1.165) is 0 Å². The van der Waals surface area contributed by atoms with Crippen molar-refractivity contribution in [2.24, 2.45) is 0 Å². The molecule has 1 aliphatic carbocycles. The van der Waals surface area contributed by atoms with Gasteiger partial charge in [-0.2, -0.15) is 6.08 Å². The van der Waals surface area contributed by atoms with Gasteiger partial charge < -0.3 is 14.6 Å². The summed E-state index contributed by atoms with van der Waals surface area (Å²) in [5.41, 5.74) is 0.820. The van der Waals surface area contributed by atoms with Crippen LogP contribution in [0.5, 0.6) is 0 Å². The van der Waals surface area contributed by atoms with Crippen molar-refractivity contribution in [2.75, 3.05) is 7.11 Å². The van der Waals surface area contributed by atoms with E-state index < -0.39 is 10.6 Å². The van der Waals surface area contributed by atoms with Crippen molar-refractivity contribution in [1.82, 2.24) is 0 Å². The first-order valence-corrected chi connectivity index (χ1v) is 6.61. The number of rotatable bonds is 2. The molecule has 0 bridgehead atoms. The van der Waals surface area contributed by atoms with Crippen molar-refractivity contribution in [3.05, 3.63) is 65.5 Å². The van der Waals surface area contributed by atoms with E-state index in [9.17, 15) is 9.90 Å². The van der Waals surface area contributed by atoms with E-state index in [-0.39, 0.29) is 46.7 Å². The predicted molar refractivity (Wildman–Crippen MR) is 73.6 cm³/mol. The van der Waals surface area contributed by atoms with Gasteiger partial charge in [0.1, 0.15) is 0 Å². The minimum absolute atomic E-state index is 0. The summed E-state index contributed by atoms with van der Waals surface area (Å²) < 4.78 is 30.2. The molecular weight excluding hydrogens is 319 g/mol. The Morgan fingerprint density at radius 3 is 2.18 bits per heavy atom. The summed E-state index contributed by atoms with van der Waals surface area (Å²) in [5.74, 6) is 0.0241. The van der Waals surface area contributed by atoms with Gasteiger partial charge in [-0.1, -0.05) is 36.4 Å². The van der Waals surface area contributed by atoms with Crippen LogP contribution in [0, 0.1) is 6.08 Å². The molecule has 8 heteroatoms. The molecule has 1 aromatic rings. The Kier molecular flexibility index (Phi) is 9.35. The molecule has 0 amide bonds. The zero-order chi connectivity index (χ0) is 15.8. The molecule has 0 radical (unpaired) electrons. The van der Waals surface area contributed by atoms with Crippen LogP contribution in [-0.2, 0) is 20.1 Å². The summed E-state index contributed by atoms with van der Waals surface area (Å²) in [6, 6.07) is 8.90. The van der Waals surface area contributed by atoms with Gasteiger partial charge in [0.15, 0.2) is 0 Å². The molecule has 0 aliphatic heterocycles. The van der Waals surface area contributed by atoms with Gasteiger partial charge in [0.25, 0.3) is 0 Å². The van der Waals surface area contributed by atoms with Gasteiger partial charge in [-0.25, -0.2) is 0 Å². The van der Waals surface area contributed by atoms with Crippen LogP contribution in [-0.4, -0.2) is 30.6 Å². The maximum atomic E-state index is 11.7. The Labute approximate surface area is 151 Å². The molecule has 0 aromatic heterocycles. The first kappa shape index (κ1) is 20.3. The number of carbonyl (C=O) groups excluding carboxylic acids is 1. The third kappa shape index (κ3) is 6.40. The molecule has 0 fully saturated rings. The number of hydrogen-bond donors (Lipinski definition) is 1. The van der Waals surface area contributed by atoms with Gasteiger partial charge in [0.2, 0.25) is 0 Å². The molecule has 110 valence electrons. The molecule has 2 rings (SSSR count). The molecule has 0 atom stereocenters. The molecule has 1 N–H and O–H groups in total. The Bertz CT molecular complexity index is 710. The molecule has 0 saturated heterocycles. The fraction of sp³-hybridized carbons (Fsp3) is 0.0714. The molecule has 6 nitrogen and oxygen atoms in total. The Morgan fingerprint density at radius 1 is 1.18 bits per heavy atom. The zero-order valence-corrected chi connectivity index (χ0v) is 14.8. The molecular formula is C14H11NaO6S. The van der Waals surface area contributed by atoms with E-state index in [0.29, 0.717) is 11.3 Å². The van der Waals surface area contributed by atoms with E-state index in [1.54, 1.807) is 24.3 Å². The van der Waals surface area contributed by atoms with Crippen LogP contribution in [0.4, 0.5) is 0 Å². The number of aliphatic hydroxyl groups excluding tert-OH is 1. The minimum Gasteiger partial charge on any atom is -0.522 e. The first-order chi connectivity index (χ1) is 9.95. The van der Waals surface area contributed by atoms with E-state index >= 15 is 0 Å². The van der Waals surface area contributed by atoms with Crippen LogP contribution < -0.4 is 29.6 Å². The van der Waals surface area contributed by atoms with Crippen molar-refractivity contribution >= 4 is 22.2 Å². The largest absolute Gasteiger partial charge is 1.00 e. The van der Waals surface area contributed by atoms with Crippen molar-refractivity contribution < 1.29 is 56.8 Å². The van der Waals surface area contributed by atoms with Crippen molar-refractivity contribution in [3.8, 4) is 0 Å². The second kappa shape index (κ2) is 10.1. The maximum absolute atomic E-state index is 11.7. The quantitative estimate of drug-likeness (QED) is 0.304. The summed E-state index contributed by atoms with van der Waals surface area (Å²) in [4.78, 5) is 11.7. The van der Waals surface area contributed by atoms with Gasteiger partial charge in [-0.15, -0.1) is 18.7 Å². The van der Waals surface area contributed by atoms with Gasteiger partial charge in [-0.3, -0.25) is 0 Å². The third-order valence-electron chi connectivity index (χ3n) is 2.41. The average Bonchev–Trinajstić information content (AvgIpc) is 2.46. The zero-order valence-electron chi connectivity index (χ0n) is 11.9. The molecule has 0 saturated carbocycles. The molecule has 0 unspecified atom stereocenters. The summed E-state index contributed by atoms with van der Waals surface area (Å²) in [5, 5.41) is 9.99. The molecule has 1 aliphatic rings. The van der Waals surface area contributed by atoms with Gasteiger partial charge in [0, 0.05) is 11.3 Å². The van der Waals surface area contributed by atoms with Crippen LogP contribution in [0.3, 0.4) is 0 Å². The number of benzene rings is 1. The van der Waals surface area contributed by atoms with Crippen molar-refractivity contribution in [1.29, 1.82) is 0 Å². The summed E-state index contributed by atoms with van der Waals surface area (Å²) >= 11 is 0. The molecule has 22 heavy (non-hydrogen) atoms. The topological polar surface area (TPSA) is 97.7 Å². The first-order valence-electron chi connectivity index (χ1n) is 5.61. The predicted octanol–water partition coefficient (Wildman–Crippen LogP) is -1.57. The molecule has 0 heterocycles. The van der Waals surface area contributed by atoms with Gasteiger partial charge in [0.05, 0.1) is 18.7 Å². The van der Waals surface area contributed by atoms with Crippen LogP contribution in [0.25, 0.3) is 5.76 Å². The summed E-state index contributed by atoms with van der Waals surface area (Å²) in [7, 11) is -1.65. The van der Waals surface area contributed by atoms with Crippen molar-refractivity contribution in [3.63, 3.8) is 0 Å². The maximum Gasteiger partial charge on any atom is 1.00 e. The van der Waals surface area contributed by atoms with Crippen LogP contribution in [0.2, 0.25) is 0 Å². The van der Waals surface area contributed by atoms with E-state index in [4.69, 9.17) is 17.4 Å². The van der Waals surface area contributed by atoms with Gasteiger partial charge >= 0.3 is 40.2 Å². The minimum atomic E-state index is -3.11. The number of ether oxygens (including phenoxy) is 1. The Balaban J connectivity index is 0.000000791. The smallest absolute Gasteiger partial charge is 0.522 e. The van der Waals surface area contributed by atoms with Gasteiger partial charge in [-0.05, 0) is 5.57 Å².